The highest BCUT2D eigenvalue weighted by Crippen LogP contribution is 2.21. The second kappa shape index (κ2) is 5.59. The SMILES string of the molecule is O=S1(=O)CCC(CNS(=O)(=O)c2ccc(F)c(Cl)c2)C1. The molecule has 0 aliphatic carbocycles. The quantitative estimate of drug-likeness (QED) is 0.892. The molecule has 1 aromatic rings. The summed E-state index contributed by atoms with van der Waals surface area (Å²) in [6, 6.07) is 3.09. The van der Waals surface area contributed by atoms with E-state index in [1.807, 2.05) is 0 Å². The molecule has 1 saturated heterocycles. The summed E-state index contributed by atoms with van der Waals surface area (Å²) in [4.78, 5) is -0.148. The van der Waals surface area contributed by atoms with Crippen molar-refractivity contribution >= 4 is 31.5 Å². The molecule has 9 heteroatoms. The molecular weight excluding hydrogens is 329 g/mol. The van der Waals surface area contributed by atoms with Crippen molar-refractivity contribution in [1.82, 2.24) is 4.72 Å². The highest BCUT2D eigenvalue weighted by molar-refractivity contribution is 7.91. The van der Waals surface area contributed by atoms with Crippen LogP contribution in [-0.4, -0.2) is 34.9 Å². The first-order chi connectivity index (χ1) is 9.20. The predicted molar refractivity (Wildman–Crippen MR) is 73.4 cm³/mol. The lowest BCUT2D eigenvalue weighted by Crippen LogP contribution is -2.30. The Bertz CT molecular complexity index is 718. The van der Waals surface area contributed by atoms with Gasteiger partial charge in [0.15, 0.2) is 9.84 Å². The number of nitrogens with one attached hydrogen (secondary N) is 1. The minimum absolute atomic E-state index is 0.0142. The Morgan fingerprint density at radius 2 is 2.10 bits per heavy atom. The van der Waals surface area contributed by atoms with Crippen LogP contribution in [0.25, 0.3) is 0 Å². The van der Waals surface area contributed by atoms with Crippen molar-refractivity contribution in [2.24, 2.45) is 5.92 Å². The van der Waals surface area contributed by atoms with Crippen LogP contribution in [0, 0.1) is 11.7 Å². The molecule has 0 radical (unpaired) electrons. The van der Waals surface area contributed by atoms with Gasteiger partial charge in [0.25, 0.3) is 0 Å². The highest BCUT2D eigenvalue weighted by Gasteiger charge is 2.29. The lowest BCUT2D eigenvalue weighted by atomic mass is 10.1. The van der Waals surface area contributed by atoms with Crippen LogP contribution in [0.1, 0.15) is 6.42 Å². The molecule has 0 amide bonds. The van der Waals surface area contributed by atoms with Gasteiger partial charge in [0, 0.05) is 6.54 Å². The zero-order chi connectivity index (χ0) is 15.0. The lowest BCUT2D eigenvalue weighted by molar-refractivity contribution is 0.543. The number of sulfone groups is 1. The Hall–Kier alpha value is -0.700. The van der Waals surface area contributed by atoms with Crippen LogP contribution in [0.15, 0.2) is 23.1 Å². The smallest absolute Gasteiger partial charge is 0.229 e. The summed E-state index contributed by atoms with van der Waals surface area (Å²) in [6.07, 6.45) is 0.440. The molecule has 0 aromatic heterocycles. The van der Waals surface area contributed by atoms with E-state index in [-0.39, 0.29) is 33.9 Å². The van der Waals surface area contributed by atoms with Gasteiger partial charge in [-0.1, -0.05) is 11.6 Å². The predicted octanol–water partition coefficient (Wildman–Crippen LogP) is 1.19. The van der Waals surface area contributed by atoms with Crippen LogP contribution < -0.4 is 4.72 Å². The summed E-state index contributed by atoms with van der Waals surface area (Å²) in [5, 5.41) is -0.281. The first-order valence-electron chi connectivity index (χ1n) is 5.85. The Kier molecular flexibility index (Phi) is 4.38. The zero-order valence-corrected chi connectivity index (χ0v) is 12.7. The highest BCUT2D eigenvalue weighted by atomic mass is 35.5. The Labute approximate surface area is 122 Å². The molecule has 0 saturated carbocycles. The first-order valence-corrected chi connectivity index (χ1v) is 9.53. The van der Waals surface area contributed by atoms with Gasteiger partial charge in [0.05, 0.1) is 21.4 Å². The molecule has 1 fully saturated rings. The van der Waals surface area contributed by atoms with E-state index in [1.165, 1.54) is 0 Å². The minimum atomic E-state index is -3.82. The van der Waals surface area contributed by atoms with Gasteiger partial charge in [-0.05, 0) is 30.5 Å². The van der Waals surface area contributed by atoms with E-state index in [0.717, 1.165) is 18.2 Å². The molecule has 1 unspecified atom stereocenters. The van der Waals surface area contributed by atoms with Gasteiger partial charge in [-0.25, -0.2) is 25.9 Å². The molecule has 1 aliphatic rings. The number of rotatable bonds is 4. The van der Waals surface area contributed by atoms with Crippen LogP contribution in [-0.2, 0) is 19.9 Å². The molecular formula is C11H13ClFNO4S2. The summed E-state index contributed by atoms with van der Waals surface area (Å²) in [7, 11) is -6.87. The van der Waals surface area contributed by atoms with E-state index >= 15 is 0 Å². The van der Waals surface area contributed by atoms with Crippen LogP contribution in [0.5, 0.6) is 0 Å². The Morgan fingerprint density at radius 1 is 1.40 bits per heavy atom. The van der Waals surface area contributed by atoms with Gasteiger partial charge in [0.2, 0.25) is 10.0 Å². The molecule has 20 heavy (non-hydrogen) atoms. The summed E-state index contributed by atoms with van der Waals surface area (Å²) in [5.74, 6) is -0.861. The van der Waals surface area contributed by atoms with Crippen molar-refractivity contribution in [3.8, 4) is 0 Å². The van der Waals surface area contributed by atoms with E-state index in [0.29, 0.717) is 6.42 Å². The third kappa shape index (κ3) is 3.69. The van der Waals surface area contributed by atoms with Gasteiger partial charge in [0.1, 0.15) is 5.82 Å². The fraction of sp³-hybridized carbons (Fsp3) is 0.455. The topological polar surface area (TPSA) is 80.3 Å². The number of halogens is 2. The van der Waals surface area contributed by atoms with E-state index < -0.39 is 25.7 Å². The Morgan fingerprint density at radius 3 is 2.65 bits per heavy atom. The molecule has 2 rings (SSSR count). The molecule has 112 valence electrons. The maximum atomic E-state index is 13.0. The van der Waals surface area contributed by atoms with Crippen molar-refractivity contribution in [2.45, 2.75) is 11.3 Å². The number of hydrogen-bond donors (Lipinski definition) is 1. The standard InChI is InChI=1S/C11H13ClFNO4S2/c12-10-5-9(1-2-11(10)13)20(17,18)14-6-8-3-4-19(15,16)7-8/h1-2,5,8,14H,3-4,6-7H2. The molecule has 1 aromatic carbocycles. The zero-order valence-electron chi connectivity index (χ0n) is 10.3. The normalized spacial score (nSPS) is 22.0. The van der Waals surface area contributed by atoms with Gasteiger partial charge < -0.3 is 0 Å². The van der Waals surface area contributed by atoms with E-state index in [9.17, 15) is 21.2 Å². The van der Waals surface area contributed by atoms with E-state index in [1.54, 1.807) is 0 Å². The first kappa shape index (κ1) is 15.7. The van der Waals surface area contributed by atoms with Crippen LogP contribution in [0.2, 0.25) is 5.02 Å². The van der Waals surface area contributed by atoms with Crippen molar-refractivity contribution in [3.63, 3.8) is 0 Å². The number of benzene rings is 1. The fourth-order valence-corrected chi connectivity index (χ4v) is 5.24. The third-order valence-electron chi connectivity index (χ3n) is 3.09. The van der Waals surface area contributed by atoms with Crippen LogP contribution >= 0.6 is 11.6 Å². The summed E-state index contributed by atoms with van der Waals surface area (Å²) in [6.45, 7) is 0.0383. The van der Waals surface area contributed by atoms with Crippen LogP contribution in [0.4, 0.5) is 4.39 Å². The average molecular weight is 342 g/mol. The van der Waals surface area contributed by atoms with Gasteiger partial charge in [-0.15, -0.1) is 0 Å². The summed E-state index contributed by atoms with van der Waals surface area (Å²) in [5.41, 5.74) is 0. The van der Waals surface area contributed by atoms with Gasteiger partial charge in [-0.3, -0.25) is 0 Å². The maximum Gasteiger partial charge on any atom is 0.240 e. The van der Waals surface area contributed by atoms with E-state index in [2.05, 4.69) is 4.72 Å². The summed E-state index contributed by atoms with van der Waals surface area (Å²) < 4.78 is 61.8. The molecule has 0 spiro atoms. The second-order valence-electron chi connectivity index (χ2n) is 4.70. The second-order valence-corrected chi connectivity index (χ2v) is 9.10. The van der Waals surface area contributed by atoms with Crippen molar-refractivity contribution in [1.29, 1.82) is 0 Å². The molecule has 1 aliphatic heterocycles. The molecule has 5 nitrogen and oxygen atoms in total. The van der Waals surface area contributed by atoms with Gasteiger partial charge in [-0.2, -0.15) is 0 Å². The molecule has 0 bridgehead atoms. The number of hydrogen-bond acceptors (Lipinski definition) is 4. The third-order valence-corrected chi connectivity index (χ3v) is 6.64. The number of sulfonamides is 1. The van der Waals surface area contributed by atoms with Crippen molar-refractivity contribution in [3.05, 3.63) is 29.0 Å². The van der Waals surface area contributed by atoms with E-state index in [4.69, 9.17) is 11.6 Å². The fourth-order valence-electron chi connectivity index (χ4n) is 1.99. The molecule has 1 N–H and O–H groups in total. The van der Waals surface area contributed by atoms with Gasteiger partial charge >= 0.3 is 0 Å². The summed E-state index contributed by atoms with van der Waals surface area (Å²) >= 11 is 5.54. The molecule has 1 heterocycles. The van der Waals surface area contributed by atoms with Crippen LogP contribution in [0.3, 0.4) is 0 Å². The monoisotopic (exact) mass is 341 g/mol. The Balaban J connectivity index is 2.06. The van der Waals surface area contributed by atoms with Crippen molar-refractivity contribution < 1.29 is 21.2 Å². The van der Waals surface area contributed by atoms with Crippen molar-refractivity contribution in [2.75, 3.05) is 18.1 Å². The maximum absolute atomic E-state index is 13.0. The molecule has 1 atom stereocenters. The largest absolute Gasteiger partial charge is 0.240 e. The minimum Gasteiger partial charge on any atom is -0.229 e. The lowest BCUT2D eigenvalue weighted by Gasteiger charge is -2.10. The average Bonchev–Trinajstić information content (AvgIpc) is 2.70.